The van der Waals surface area contributed by atoms with Gasteiger partial charge in [-0.05, 0) is 36.7 Å². The van der Waals surface area contributed by atoms with Gasteiger partial charge in [-0.3, -0.25) is 4.90 Å². The van der Waals surface area contributed by atoms with E-state index in [1.165, 1.54) is 22.6 Å². The molecule has 2 fully saturated rings. The number of rotatable bonds is 6. The van der Waals surface area contributed by atoms with E-state index in [0.29, 0.717) is 38.9 Å². The monoisotopic (exact) mass is 405 g/mol. The lowest BCUT2D eigenvalue weighted by atomic mass is 10.2. The highest BCUT2D eigenvalue weighted by molar-refractivity contribution is 7.92. The first-order valence-electron chi connectivity index (χ1n) is 9.12. The van der Waals surface area contributed by atoms with Crippen LogP contribution in [0.5, 0.6) is 0 Å². The van der Waals surface area contributed by atoms with Gasteiger partial charge in [-0.2, -0.15) is 9.40 Å². The minimum atomic E-state index is -3.41. The van der Waals surface area contributed by atoms with Crippen LogP contribution in [0.15, 0.2) is 42.1 Å². The van der Waals surface area contributed by atoms with Gasteiger partial charge >= 0.3 is 0 Å². The number of piperazine rings is 1. The normalized spacial score (nSPS) is 19.7. The Kier molecular flexibility index (Phi) is 5.27. The number of benzene rings is 1. The molecule has 1 aromatic heterocycles. The lowest BCUT2D eigenvalue weighted by Gasteiger charge is -2.32. The molecule has 27 heavy (non-hydrogen) atoms. The summed E-state index contributed by atoms with van der Waals surface area (Å²) in [6, 6.07) is 9.97. The number of sulfonamides is 1. The maximum Gasteiger partial charge on any atom is 0.236 e. The Labute approximate surface area is 164 Å². The molecular formula is C18H23N5O2S2. The first-order valence-corrected chi connectivity index (χ1v) is 11.0. The van der Waals surface area contributed by atoms with Gasteiger partial charge in [0.1, 0.15) is 6.33 Å². The van der Waals surface area contributed by atoms with Crippen LogP contribution in [0.2, 0.25) is 0 Å². The van der Waals surface area contributed by atoms with Gasteiger partial charge in [0.15, 0.2) is 4.77 Å². The zero-order valence-electron chi connectivity index (χ0n) is 15.0. The first kappa shape index (κ1) is 18.5. The average molecular weight is 406 g/mol. The summed E-state index contributed by atoms with van der Waals surface area (Å²) in [5.74, 6) is 0. The first-order chi connectivity index (χ1) is 13.0. The van der Waals surface area contributed by atoms with Crippen LogP contribution < -0.4 is 0 Å². The molecule has 1 aliphatic heterocycles. The Balaban J connectivity index is 1.34. The molecule has 0 bridgehead atoms. The summed E-state index contributed by atoms with van der Waals surface area (Å²) >= 11 is 5.49. The van der Waals surface area contributed by atoms with Crippen molar-refractivity contribution in [3.63, 3.8) is 0 Å². The molecule has 2 aromatic rings. The lowest BCUT2D eigenvalue weighted by Crippen LogP contribution is -2.48. The van der Waals surface area contributed by atoms with E-state index in [1.807, 2.05) is 41.3 Å². The highest BCUT2D eigenvalue weighted by atomic mass is 32.2. The van der Waals surface area contributed by atoms with Crippen molar-refractivity contribution in [2.45, 2.75) is 25.6 Å². The van der Waals surface area contributed by atoms with Crippen molar-refractivity contribution < 1.29 is 8.42 Å². The zero-order chi connectivity index (χ0) is 18.9. The third-order valence-electron chi connectivity index (χ3n) is 4.95. The van der Waals surface area contributed by atoms with Crippen LogP contribution in [0, 0.1) is 4.77 Å². The van der Waals surface area contributed by atoms with Gasteiger partial charge in [0, 0.05) is 37.6 Å². The smallest absolute Gasteiger partial charge is 0.236 e. The third kappa shape index (κ3) is 4.37. The standard InChI is InChI=1S/C18H23N5O2S2/c24-27(25,13-8-16-4-2-1-3-5-16)21-11-9-20(10-12-21)15-23-18(26)22(14-19-23)17-6-7-17/h1-5,8,13-14,17H,6-7,9-12,15H2/b13-8+. The topological polar surface area (TPSA) is 63.4 Å². The predicted molar refractivity (Wildman–Crippen MR) is 107 cm³/mol. The van der Waals surface area contributed by atoms with E-state index >= 15 is 0 Å². The van der Waals surface area contributed by atoms with Gasteiger partial charge in [-0.15, -0.1) is 0 Å². The molecule has 0 radical (unpaired) electrons. The molecule has 1 aromatic carbocycles. The van der Waals surface area contributed by atoms with Crippen LogP contribution in [-0.2, 0) is 16.7 Å². The minimum Gasteiger partial charge on any atom is -0.303 e. The largest absolute Gasteiger partial charge is 0.303 e. The van der Waals surface area contributed by atoms with E-state index in [2.05, 4.69) is 14.6 Å². The van der Waals surface area contributed by atoms with Gasteiger partial charge < -0.3 is 4.57 Å². The molecule has 1 saturated carbocycles. The summed E-state index contributed by atoms with van der Waals surface area (Å²) in [6.07, 6.45) is 5.81. The maximum atomic E-state index is 12.5. The molecular weight excluding hydrogens is 382 g/mol. The number of hydrogen-bond donors (Lipinski definition) is 0. The molecule has 9 heteroatoms. The number of nitrogens with zero attached hydrogens (tertiary/aromatic N) is 5. The summed E-state index contributed by atoms with van der Waals surface area (Å²) in [6.45, 7) is 2.87. The number of hydrogen-bond acceptors (Lipinski definition) is 5. The molecule has 0 spiro atoms. The van der Waals surface area contributed by atoms with Crippen LogP contribution in [-0.4, -0.2) is 58.1 Å². The van der Waals surface area contributed by atoms with Gasteiger partial charge in [0.25, 0.3) is 0 Å². The SMILES string of the molecule is O=S(=O)(/C=C/c1ccccc1)N1CCN(Cn2ncn(C3CC3)c2=S)CC1. The second kappa shape index (κ2) is 7.67. The second-order valence-electron chi connectivity index (χ2n) is 6.97. The number of aromatic nitrogens is 3. The fourth-order valence-corrected chi connectivity index (χ4v) is 4.65. The van der Waals surface area contributed by atoms with Crippen molar-refractivity contribution in [1.29, 1.82) is 0 Å². The molecule has 144 valence electrons. The predicted octanol–water partition coefficient (Wildman–Crippen LogP) is 2.32. The Morgan fingerprint density at radius 1 is 1.11 bits per heavy atom. The Morgan fingerprint density at radius 3 is 2.48 bits per heavy atom. The van der Waals surface area contributed by atoms with Crippen molar-refractivity contribution in [1.82, 2.24) is 23.6 Å². The van der Waals surface area contributed by atoms with Crippen molar-refractivity contribution >= 4 is 28.3 Å². The van der Waals surface area contributed by atoms with E-state index in [4.69, 9.17) is 12.2 Å². The van der Waals surface area contributed by atoms with E-state index in [9.17, 15) is 8.42 Å². The minimum absolute atomic E-state index is 0.470. The van der Waals surface area contributed by atoms with Crippen LogP contribution in [0.1, 0.15) is 24.4 Å². The van der Waals surface area contributed by atoms with Crippen molar-refractivity contribution in [2.75, 3.05) is 26.2 Å². The summed E-state index contributed by atoms with van der Waals surface area (Å²) in [5.41, 5.74) is 0.875. The third-order valence-corrected chi connectivity index (χ3v) is 6.94. The van der Waals surface area contributed by atoms with E-state index in [-0.39, 0.29) is 0 Å². The molecule has 2 aliphatic rings. The molecule has 2 heterocycles. The summed E-state index contributed by atoms with van der Waals surface area (Å²) in [7, 11) is -3.41. The van der Waals surface area contributed by atoms with Crippen LogP contribution in [0.25, 0.3) is 6.08 Å². The van der Waals surface area contributed by atoms with Gasteiger partial charge in [0.05, 0.1) is 6.67 Å². The van der Waals surface area contributed by atoms with Crippen LogP contribution in [0.4, 0.5) is 0 Å². The second-order valence-corrected chi connectivity index (χ2v) is 9.15. The molecule has 7 nitrogen and oxygen atoms in total. The van der Waals surface area contributed by atoms with Gasteiger partial charge in [-0.1, -0.05) is 30.3 Å². The Morgan fingerprint density at radius 2 is 1.81 bits per heavy atom. The highest BCUT2D eigenvalue weighted by Crippen LogP contribution is 2.34. The van der Waals surface area contributed by atoms with E-state index in [0.717, 1.165) is 10.3 Å². The Hall–Kier alpha value is -1.81. The average Bonchev–Trinajstić information content (AvgIpc) is 3.46. The summed E-state index contributed by atoms with van der Waals surface area (Å²) < 4.78 is 31.3. The lowest BCUT2D eigenvalue weighted by molar-refractivity contribution is 0.145. The molecule has 0 unspecified atom stereocenters. The summed E-state index contributed by atoms with van der Waals surface area (Å²) in [4.78, 5) is 2.19. The quantitative estimate of drug-likeness (QED) is 0.690. The molecule has 0 amide bonds. The van der Waals surface area contributed by atoms with Crippen molar-refractivity contribution in [3.05, 3.63) is 52.4 Å². The highest BCUT2D eigenvalue weighted by Gasteiger charge is 2.27. The Bertz CT molecular complexity index is 969. The fourth-order valence-electron chi connectivity index (χ4n) is 3.18. The van der Waals surface area contributed by atoms with E-state index < -0.39 is 10.0 Å². The van der Waals surface area contributed by atoms with Crippen LogP contribution in [0.3, 0.4) is 0 Å². The maximum absolute atomic E-state index is 12.5. The molecule has 1 aliphatic carbocycles. The fraction of sp³-hybridized carbons (Fsp3) is 0.444. The van der Waals surface area contributed by atoms with E-state index in [1.54, 1.807) is 6.08 Å². The molecule has 0 N–H and O–H groups in total. The summed E-state index contributed by atoms with van der Waals surface area (Å²) in [5, 5.41) is 5.69. The van der Waals surface area contributed by atoms with Crippen LogP contribution >= 0.6 is 12.2 Å². The van der Waals surface area contributed by atoms with Crippen molar-refractivity contribution in [2.24, 2.45) is 0 Å². The van der Waals surface area contributed by atoms with Crippen molar-refractivity contribution in [3.8, 4) is 0 Å². The van der Waals surface area contributed by atoms with Gasteiger partial charge in [0.2, 0.25) is 10.0 Å². The molecule has 0 atom stereocenters. The zero-order valence-corrected chi connectivity index (χ0v) is 16.6. The van der Waals surface area contributed by atoms with Gasteiger partial charge in [-0.25, -0.2) is 13.1 Å². The molecule has 4 rings (SSSR count). The molecule has 1 saturated heterocycles.